The summed E-state index contributed by atoms with van der Waals surface area (Å²) in [4.78, 5) is 23.6. The van der Waals surface area contributed by atoms with Crippen LogP contribution in [0.3, 0.4) is 0 Å². The third-order valence-corrected chi connectivity index (χ3v) is 2.99. The third-order valence-electron chi connectivity index (χ3n) is 2.99. The molecule has 118 valence electrons. The molecule has 2 N–H and O–H groups in total. The summed E-state index contributed by atoms with van der Waals surface area (Å²) in [6, 6.07) is 13.6. The van der Waals surface area contributed by atoms with Crippen LogP contribution in [0.4, 0.5) is 5.69 Å². The minimum absolute atomic E-state index is 0.0108. The first kappa shape index (κ1) is 16.3. The predicted molar refractivity (Wildman–Crippen MR) is 88.2 cm³/mol. The smallest absolute Gasteiger partial charge is 0.341 e. The van der Waals surface area contributed by atoms with Crippen LogP contribution in [-0.4, -0.2) is 23.6 Å². The minimum Gasteiger partial charge on any atom is -0.507 e. The van der Waals surface area contributed by atoms with Crippen LogP contribution in [-0.2, 0) is 9.53 Å². The molecule has 0 aliphatic carbocycles. The zero-order chi connectivity index (χ0) is 16.7. The van der Waals surface area contributed by atoms with Gasteiger partial charge in [0.1, 0.15) is 11.3 Å². The van der Waals surface area contributed by atoms with Crippen LogP contribution >= 0.6 is 0 Å². The van der Waals surface area contributed by atoms with Crippen LogP contribution in [0.2, 0.25) is 0 Å². The van der Waals surface area contributed by atoms with E-state index in [-0.39, 0.29) is 23.8 Å². The molecule has 5 heteroatoms. The number of carbonyl (C=O) groups excluding carboxylic acids is 2. The van der Waals surface area contributed by atoms with Gasteiger partial charge in [-0.3, -0.25) is 4.79 Å². The second-order valence-electron chi connectivity index (χ2n) is 4.69. The van der Waals surface area contributed by atoms with Crippen LogP contribution in [0.1, 0.15) is 22.8 Å². The second kappa shape index (κ2) is 7.79. The van der Waals surface area contributed by atoms with Gasteiger partial charge in [-0.1, -0.05) is 30.3 Å². The monoisotopic (exact) mass is 311 g/mol. The summed E-state index contributed by atoms with van der Waals surface area (Å²) in [6.07, 6.45) is 3.08. The van der Waals surface area contributed by atoms with E-state index in [4.69, 9.17) is 4.74 Å². The molecule has 2 aromatic rings. The highest BCUT2D eigenvalue weighted by atomic mass is 16.5. The fraction of sp³-hybridized carbons (Fsp3) is 0.111. The van der Waals surface area contributed by atoms with E-state index >= 15 is 0 Å². The zero-order valence-corrected chi connectivity index (χ0v) is 12.7. The van der Waals surface area contributed by atoms with Gasteiger partial charge in [-0.05, 0) is 36.8 Å². The first-order valence-electron chi connectivity index (χ1n) is 7.14. The molecule has 2 rings (SSSR count). The van der Waals surface area contributed by atoms with Crippen molar-refractivity contribution in [1.29, 1.82) is 0 Å². The number of nitrogens with one attached hydrogen (secondary N) is 1. The van der Waals surface area contributed by atoms with Gasteiger partial charge in [0.25, 0.3) is 0 Å². The number of esters is 1. The Balaban J connectivity index is 2.08. The molecule has 0 heterocycles. The molecule has 0 saturated carbocycles. The molecule has 0 atom stereocenters. The van der Waals surface area contributed by atoms with Gasteiger partial charge >= 0.3 is 5.97 Å². The predicted octanol–water partition coefficient (Wildman–Crippen LogP) is 3.22. The number of amides is 1. The standard InChI is InChI=1S/C18H17NO4/c1-2-23-18(22)15-12-14(9-10-16(15)20)19-17(21)11-8-13-6-4-3-5-7-13/h3-12,20H,2H2,1H3,(H,19,21). The van der Waals surface area contributed by atoms with Gasteiger partial charge < -0.3 is 15.2 Å². The van der Waals surface area contributed by atoms with Crippen molar-refractivity contribution >= 4 is 23.6 Å². The van der Waals surface area contributed by atoms with E-state index in [2.05, 4.69) is 5.32 Å². The van der Waals surface area contributed by atoms with Crippen molar-refractivity contribution in [3.63, 3.8) is 0 Å². The Bertz CT molecular complexity index is 723. The fourth-order valence-electron chi connectivity index (χ4n) is 1.91. The average molecular weight is 311 g/mol. The molecule has 23 heavy (non-hydrogen) atoms. The van der Waals surface area contributed by atoms with Gasteiger partial charge in [0.2, 0.25) is 5.91 Å². The first-order valence-corrected chi connectivity index (χ1v) is 7.14. The lowest BCUT2D eigenvalue weighted by atomic mass is 10.1. The summed E-state index contributed by atoms with van der Waals surface area (Å²) in [5.41, 5.74) is 1.31. The number of hydrogen-bond donors (Lipinski definition) is 2. The Kier molecular flexibility index (Phi) is 5.52. The topological polar surface area (TPSA) is 75.6 Å². The van der Waals surface area contributed by atoms with E-state index in [9.17, 15) is 14.7 Å². The van der Waals surface area contributed by atoms with Crippen molar-refractivity contribution in [1.82, 2.24) is 0 Å². The maximum absolute atomic E-state index is 11.9. The normalized spacial score (nSPS) is 10.5. The molecule has 0 unspecified atom stereocenters. The van der Waals surface area contributed by atoms with Gasteiger partial charge in [0.05, 0.1) is 6.61 Å². The second-order valence-corrected chi connectivity index (χ2v) is 4.69. The molecule has 0 spiro atoms. The number of rotatable bonds is 5. The number of hydrogen-bond acceptors (Lipinski definition) is 4. The van der Waals surface area contributed by atoms with Crippen molar-refractivity contribution < 1.29 is 19.4 Å². The molecular formula is C18H17NO4. The van der Waals surface area contributed by atoms with Crippen LogP contribution < -0.4 is 5.32 Å². The van der Waals surface area contributed by atoms with E-state index in [1.165, 1.54) is 24.3 Å². The molecule has 5 nitrogen and oxygen atoms in total. The van der Waals surface area contributed by atoms with E-state index in [1.54, 1.807) is 13.0 Å². The van der Waals surface area contributed by atoms with Crippen LogP contribution in [0, 0.1) is 0 Å². The quantitative estimate of drug-likeness (QED) is 0.505. The summed E-state index contributed by atoms with van der Waals surface area (Å²) in [5.74, 6) is -1.17. The van der Waals surface area contributed by atoms with Gasteiger partial charge in [-0.25, -0.2) is 4.79 Å². The maximum atomic E-state index is 11.9. The lowest BCUT2D eigenvalue weighted by Gasteiger charge is -2.07. The highest BCUT2D eigenvalue weighted by Gasteiger charge is 2.13. The third kappa shape index (κ3) is 4.71. The summed E-state index contributed by atoms with van der Waals surface area (Å²) in [6.45, 7) is 1.88. The highest BCUT2D eigenvalue weighted by molar-refractivity contribution is 6.03. The van der Waals surface area contributed by atoms with Crippen molar-refractivity contribution in [3.05, 3.63) is 65.7 Å². The van der Waals surface area contributed by atoms with Crippen LogP contribution in [0.5, 0.6) is 5.75 Å². The number of phenols is 1. The van der Waals surface area contributed by atoms with Gasteiger partial charge in [0, 0.05) is 11.8 Å². The summed E-state index contributed by atoms with van der Waals surface area (Å²) < 4.78 is 4.85. The Morgan fingerprint density at radius 3 is 2.61 bits per heavy atom. The molecule has 0 aliphatic heterocycles. The molecular weight excluding hydrogens is 294 g/mol. The maximum Gasteiger partial charge on any atom is 0.341 e. The molecule has 2 aromatic carbocycles. The molecule has 0 saturated heterocycles. The number of anilines is 1. The number of ether oxygens (including phenoxy) is 1. The van der Waals surface area contributed by atoms with Crippen LogP contribution in [0.15, 0.2) is 54.6 Å². The molecule has 0 fully saturated rings. The van der Waals surface area contributed by atoms with Crippen molar-refractivity contribution in [2.75, 3.05) is 11.9 Å². The Morgan fingerprint density at radius 1 is 1.17 bits per heavy atom. The highest BCUT2D eigenvalue weighted by Crippen LogP contribution is 2.22. The number of aromatic hydroxyl groups is 1. The van der Waals surface area contributed by atoms with Crippen LogP contribution in [0.25, 0.3) is 6.08 Å². The number of phenolic OH excluding ortho intramolecular Hbond substituents is 1. The van der Waals surface area contributed by atoms with Gasteiger partial charge in [-0.15, -0.1) is 0 Å². The largest absolute Gasteiger partial charge is 0.507 e. The van der Waals surface area contributed by atoms with E-state index < -0.39 is 5.97 Å². The first-order chi connectivity index (χ1) is 11.1. The Morgan fingerprint density at radius 2 is 1.91 bits per heavy atom. The molecule has 1 amide bonds. The lowest BCUT2D eigenvalue weighted by molar-refractivity contribution is -0.111. The van der Waals surface area contributed by atoms with Crippen molar-refractivity contribution in [3.8, 4) is 5.75 Å². The van der Waals surface area contributed by atoms with Gasteiger partial charge in [-0.2, -0.15) is 0 Å². The number of carbonyl (C=O) groups is 2. The SMILES string of the molecule is CCOC(=O)c1cc(NC(=O)C=Cc2ccccc2)ccc1O. The summed E-state index contributed by atoms with van der Waals surface area (Å²) in [7, 11) is 0. The van der Waals surface area contributed by atoms with E-state index in [1.807, 2.05) is 30.3 Å². The summed E-state index contributed by atoms with van der Waals surface area (Å²) >= 11 is 0. The lowest BCUT2D eigenvalue weighted by Crippen LogP contribution is -2.10. The molecule has 0 aliphatic rings. The van der Waals surface area contributed by atoms with Crippen molar-refractivity contribution in [2.24, 2.45) is 0 Å². The van der Waals surface area contributed by atoms with E-state index in [0.717, 1.165) is 5.56 Å². The van der Waals surface area contributed by atoms with Crippen molar-refractivity contribution in [2.45, 2.75) is 6.92 Å². The Labute approximate surface area is 134 Å². The zero-order valence-electron chi connectivity index (χ0n) is 12.7. The fourth-order valence-corrected chi connectivity index (χ4v) is 1.91. The van der Waals surface area contributed by atoms with Gasteiger partial charge in [0.15, 0.2) is 0 Å². The molecule has 0 radical (unpaired) electrons. The molecule has 0 bridgehead atoms. The average Bonchev–Trinajstić information content (AvgIpc) is 2.56. The Hall–Kier alpha value is -3.08. The molecule has 0 aromatic heterocycles. The van der Waals surface area contributed by atoms with E-state index in [0.29, 0.717) is 5.69 Å². The minimum atomic E-state index is -0.638. The number of benzene rings is 2. The summed E-state index contributed by atoms with van der Waals surface area (Å²) in [5, 5.41) is 12.3.